The van der Waals surface area contributed by atoms with Crippen LogP contribution in [0.2, 0.25) is 0 Å². The maximum absolute atomic E-state index is 12.6. The average Bonchev–Trinajstić information content (AvgIpc) is 3.36. The fourth-order valence-corrected chi connectivity index (χ4v) is 4.27. The Bertz CT molecular complexity index is 580. The van der Waals surface area contributed by atoms with Gasteiger partial charge in [-0.1, -0.05) is 19.1 Å². The first-order valence-corrected chi connectivity index (χ1v) is 9.40. The lowest BCUT2D eigenvalue weighted by Gasteiger charge is -2.18. The third-order valence-electron chi connectivity index (χ3n) is 4.34. The van der Waals surface area contributed by atoms with Crippen molar-refractivity contribution in [3.8, 4) is 0 Å². The zero-order valence-corrected chi connectivity index (χ0v) is 13.3. The van der Waals surface area contributed by atoms with Crippen LogP contribution in [0.15, 0.2) is 29.2 Å². The van der Waals surface area contributed by atoms with Crippen LogP contribution in [0.4, 0.5) is 0 Å². The number of hydrogen-bond acceptors (Lipinski definition) is 3. The topological polar surface area (TPSA) is 58.2 Å². The molecule has 2 aliphatic rings. The second-order valence-electron chi connectivity index (χ2n) is 6.25. The molecular formula is C16H24N2O2S. The molecule has 0 radical (unpaired) electrons. The molecule has 2 saturated carbocycles. The lowest BCUT2D eigenvalue weighted by Crippen LogP contribution is -2.38. The summed E-state index contributed by atoms with van der Waals surface area (Å²) < 4.78 is 28.2. The lowest BCUT2D eigenvalue weighted by molar-refractivity contribution is 0.471. The van der Waals surface area contributed by atoms with Crippen LogP contribution in [0.3, 0.4) is 0 Å². The molecule has 21 heavy (non-hydrogen) atoms. The first-order chi connectivity index (χ1) is 10.1. The molecule has 1 aromatic rings. The van der Waals surface area contributed by atoms with Crippen LogP contribution < -0.4 is 10.0 Å². The van der Waals surface area contributed by atoms with Gasteiger partial charge < -0.3 is 5.32 Å². The minimum atomic E-state index is -3.39. The Balaban J connectivity index is 1.74. The van der Waals surface area contributed by atoms with E-state index >= 15 is 0 Å². The molecule has 0 heterocycles. The zero-order valence-electron chi connectivity index (χ0n) is 12.5. The summed E-state index contributed by atoms with van der Waals surface area (Å²) in [4.78, 5) is 0.393. The molecule has 2 fully saturated rings. The van der Waals surface area contributed by atoms with Crippen LogP contribution in [-0.4, -0.2) is 21.0 Å². The number of hydrogen-bond donors (Lipinski definition) is 2. The predicted molar refractivity (Wildman–Crippen MR) is 83.4 cm³/mol. The second-order valence-corrected chi connectivity index (χ2v) is 7.96. The van der Waals surface area contributed by atoms with Crippen molar-refractivity contribution < 1.29 is 8.42 Å². The Kier molecular flexibility index (Phi) is 4.33. The van der Waals surface area contributed by atoms with Crippen molar-refractivity contribution in [2.24, 2.45) is 11.8 Å². The Morgan fingerprint density at radius 1 is 1.19 bits per heavy atom. The van der Waals surface area contributed by atoms with Crippen LogP contribution >= 0.6 is 0 Å². The van der Waals surface area contributed by atoms with Crippen molar-refractivity contribution in [1.82, 2.24) is 10.0 Å². The molecule has 0 saturated heterocycles. The summed E-state index contributed by atoms with van der Waals surface area (Å²) in [5.41, 5.74) is 1.01. The molecule has 1 aromatic carbocycles. The van der Waals surface area contributed by atoms with Crippen molar-refractivity contribution in [1.29, 1.82) is 0 Å². The van der Waals surface area contributed by atoms with E-state index in [0.29, 0.717) is 23.3 Å². The van der Waals surface area contributed by atoms with E-state index in [-0.39, 0.29) is 6.04 Å². The molecule has 116 valence electrons. The van der Waals surface area contributed by atoms with Gasteiger partial charge in [-0.25, -0.2) is 13.1 Å². The van der Waals surface area contributed by atoms with Crippen LogP contribution in [0.1, 0.15) is 38.2 Å². The number of nitrogens with one attached hydrogen (secondary N) is 2. The van der Waals surface area contributed by atoms with Crippen molar-refractivity contribution in [3.63, 3.8) is 0 Å². The van der Waals surface area contributed by atoms with Crippen LogP contribution in [-0.2, 0) is 16.6 Å². The van der Waals surface area contributed by atoms with E-state index in [0.717, 1.165) is 12.1 Å². The molecule has 0 spiro atoms. The SMILES string of the molecule is CCNCc1cccc(S(=O)(=O)NC(C2CC2)C2CC2)c1. The smallest absolute Gasteiger partial charge is 0.240 e. The fraction of sp³-hybridized carbons (Fsp3) is 0.625. The minimum Gasteiger partial charge on any atom is -0.313 e. The molecule has 0 aliphatic heterocycles. The van der Waals surface area contributed by atoms with Gasteiger partial charge in [0, 0.05) is 12.6 Å². The van der Waals surface area contributed by atoms with Crippen molar-refractivity contribution >= 4 is 10.0 Å². The van der Waals surface area contributed by atoms with Crippen molar-refractivity contribution in [2.45, 2.75) is 50.1 Å². The fourth-order valence-electron chi connectivity index (χ4n) is 2.83. The molecule has 2 aliphatic carbocycles. The van der Waals surface area contributed by atoms with E-state index in [1.54, 1.807) is 12.1 Å². The average molecular weight is 308 g/mol. The Morgan fingerprint density at radius 3 is 2.43 bits per heavy atom. The molecule has 4 nitrogen and oxygen atoms in total. The maximum Gasteiger partial charge on any atom is 0.240 e. The molecule has 0 atom stereocenters. The summed E-state index contributed by atoms with van der Waals surface area (Å²) in [7, 11) is -3.39. The maximum atomic E-state index is 12.6. The molecule has 0 aromatic heterocycles. The van der Waals surface area contributed by atoms with E-state index < -0.39 is 10.0 Å². The largest absolute Gasteiger partial charge is 0.313 e. The summed E-state index contributed by atoms with van der Waals surface area (Å²) in [6, 6.07) is 7.41. The van der Waals surface area contributed by atoms with E-state index in [9.17, 15) is 8.42 Å². The molecule has 0 unspecified atom stereocenters. The highest BCUT2D eigenvalue weighted by Crippen LogP contribution is 2.45. The van der Waals surface area contributed by atoms with Gasteiger partial charge in [-0.3, -0.25) is 0 Å². The van der Waals surface area contributed by atoms with Gasteiger partial charge in [0.15, 0.2) is 0 Å². The van der Waals surface area contributed by atoms with Crippen LogP contribution in [0.5, 0.6) is 0 Å². The number of sulfonamides is 1. The lowest BCUT2D eigenvalue weighted by atomic mass is 10.1. The van der Waals surface area contributed by atoms with Gasteiger partial charge >= 0.3 is 0 Å². The zero-order chi connectivity index (χ0) is 14.9. The van der Waals surface area contributed by atoms with E-state index in [1.165, 1.54) is 25.7 Å². The summed E-state index contributed by atoms with van der Waals surface area (Å²) >= 11 is 0. The van der Waals surface area contributed by atoms with E-state index in [4.69, 9.17) is 0 Å². The molecule has 0 amide bonds. The number of rotatable bonds is 8. The number of benzene rings is 1. The predicted octanol–water partition coefficient (Wildman–Crippen LogP) is 2.26. The third kappa shape index (κ3) is 3.84. The quantitative estimate of drug-likeness (QED) is 0.774. The van der Waals surface area contributed by atoms with Crippen molar-refractivity contribution in [2.75, 3.05) is 6.54 Å². The highest BCUT2D eigenvalue weighted by molar-refractivity contribution is 7.89. The normalized spacial score (nSPS) is 19.1. The van der Waals surface area contributed by atoms with Gasteiger partial charge in [0.2, 0.25) is 10.0 Å². The van der Waals surface area contributed by atoms with Gasteiger partial charge in [-0.15, -0.1) is 0 Å². The van der Waals surface area contributed by atoms with Gasteiger partial charge in [0.1, 0.15) is 0 Å². The van der Waals surface area contributed by atoms with Gasteiger partial charge in [-0.2, -0.15) is 0 Å². The standard InChI is InChI=1S/C16H24N2O2S/c1-2-17-11-12-4-3-5-15(10-12)21(19,20)18-16(13-6-7-13)14-8-9-14/h3-5,10,13-14,16-18H,2,6-9,11H2,1H3. The van der Waals surface area contributed by atoms with Crippen LogP contribution in [0.25, 0.3) is 0 Å². The first-order valence-electron chi connectivity index (χ1n) is 7.92. The minimum absolute atomic E-state index is 0.160. The van der Waals surface area contributed by atoms with Crippen LogP contribution in [0, 0.1) is 11.8 Å². The monoisotopic (exact) mass is 308 g/mol. The van der Waals surface area contributed by atoms with Gasteiger partial charge in [-0.05, 0) is 61.8 Å². The van der Waals surface area contributed by atoms with E-state index in [1.807, 2.05) is 19.1 Å². The highest BCUT2D eigenvalue weighted by Gasteiger charge is 2.43. The van der Waals surface area contributed by atoms with Crippen molar-refractivity contribution in [3.05, 3.63) is 29.8 Å². The summed E-state index contributed by atoms with van der Waals surface area (Å²) in [5, 5.41) is 3.23. The van der Waals surface area contributed by atoms with Gasteiger partial charge in [0.25, 0.3) is 0 Å². The summed E-state index contributed by atoms with van der Waals surface area (Å²) in [6.07, 6.45) is 4.68. The Morgan fingerprint density at radius 2 is 1.86 bits per heavy atom. The summed E-state index contributed by atoms with van der Waals surface area (Å²) in [5.74, 6) is 1.13. The van der Waals surface area contributed by atoms with Gasteiger partial charge in [0.05, 0.1) is 4.90 Å². The summed E-state index contributed by atoms with van der Waals surface area (Å²) in [6.45, 7) is 3.62. The molecule has 5 heteroatoms. The molecule has 0 bridgehead atoms. The third-order valence-corrected chi connectivity index (χ3v) is 5.80. The van der Waals surface area contributed by atoms with E-state index in [2.05, 4.69) is 10.0 Å². The first kappa shape index (κ1) is 15.0. The Labute approximate surface area is 127 Å². The molecule has 2 N–H and O–H groups in total. The Hall–Kier alpha value is -0.910. The second kappa shape index (κ2) is 6.07. The molecule has 3 rings (SSSR count). The molecular weight excluding hydrogens is 284 g/mol. The highest BCUT2D eigenvalue weighted by atomic mass is 32.2.